The number of alkyl halides is 3. The molecule has 1 atom stereocenters. The lowest BCUT2D eigenvalue weighted by atomic mass is 9.75. The van der Waals surface area contributed by atoms with E-state index in [4.69, 9.17) is 15.1 Å². The van der Waals surface area contributed by atoms with Crippen molar-refractivity contribution < 1.29 is 24.1 Å². The van der Waals surface area contributed by atoms with Gasteiger partial charge in [-0.2, -0.15) is 24.9 Å². The normalized spacial score (nSPS) is 19.9. The van der Waals surface area contributed by atoms with E-state index >= 15 is 0 Å². The first kappa shape index (κ1) is 32.5. The number of rotatable bonds is 11. The minimum Gasteiger partial charge on any atom is -0.379 e. The molecule has 0 unspecified atom stereocenters. The van der Waals surface area contributed by atoms with Crippen LogP contribution >= 0.6 is 11.8 Å². The van der Waals surface area contributed by atoms with Gasteiger partial charge >= 0.3 is 6.18 Å². The maximum atomic E-state index is 14.4. The smallest absolute Gasteiger partial charge is 0.379 e. The van der Waals surface area contributed by atoms with Crippen molar-refractivity contribution in [2.45, 2.75) is 50.9 Å². The topological polar surface area (TPSA) is 96.8 Å². The first-order chi connectivity index (χ1) is 20.9. The number of aromatic nitrogens is 1. The Kier molecular flexibility index (Phi) is 9.78. The molecule has 1 amide bonds. The number of hydrazine groups is 1. The van der Waals surface area contributed by atoms with Crippen molar-refractivity contribution in [1.82, 2.24) is 20.3 Å². The molecule has 0 spiro atoms. The zero-order chi connectivity index (χ0) is 31.6. The number of hydrogen-bond acceptors (Lipinski definition) is 8. The summed E-state index contributed by atoms with van der Waals surface area (Å²) in [5.41, 5.74) is 3.07. The molecule has 1 aromatic heterocycles. The van der Waals surface area contributed by atoms with Gasteiger partial charge in [-0.1, -0.05) is 6.92 Å². The number of ether oxygens (including phenoxy) is 1. The Labute approximate surface area is 262 Å². The summed E-state index contributed by atoms with van der Waals surface area (Å²) in [6, 6.07) is 6.55. The summed E-state index contributed by atoms with van der Waals surface area (Å²) in [6.45, 7) is 5.37. The molecule has 3 aliphatic heterocycles. The first-order valence-corrected chi connectivity index (χ1v) is 16.4. The van der Waals surface area contributed by atoms with E-state index in [1.165, 1.54) is 11.0 Å². The molecule has 0 saturated carbocycles. The number of amides is 1. The Morgan fingerprint density at radius 3 is 2.70 bits per heavy atom. The fourth-order valence-corrected chi connectivity index (χ4v) is 6.62. The van der Waals surface area contributed by atoms with Gasteiger partial charge in [-0.05, 0) is 72.5 Å². The Morgan fingerprint density at radius 2 is 2.07 bits per heavy atom. The number of hydrogen-bond donors (Lipinski definition) is 3. The second-order valence-corrected chi connectivity index (χ2v) is 13.2. The number of carbonyl (C=O) groups is 1. The van der Waals surface area contributed by atoms with Crippen molar-refractivity contribution in [2.24, 2.45) is 5.92 Å². The van der Waals surface area contributed by atoms with E-state index in [0.29, 0.717) is 55.9 Å². The number of benzene rings is 1. The van der Waals surface area contributed by atoms with Crippen LogP contribution in [0.3, 0.4) is 0 Å². The summed E-state index contributed by atoms with van der Waals surface area (Å²) in [4.78, 5) is 22.1. The lowest BCUT2D eigenvalue weighted by Gasteiger charge is -2.43. The van der Waals surface area contributed by atoms with Crippen LogP contribution in [0.5, 0.6) is 0 Å². The minimum absolute atomic E-state index is 0. The number of anilines is 2. The predicted molar refractivity (Wildman–Crippen MR) is 171 cm³/mol. The molecule has 13 heteroatoms. The minimum atomic E-state index is -4.60. The van der Waals surface area contributed by atoms with E-state index in [1.54, 1.807) is 43.0 Å². The molecule has 2 aromatic rings. The molecule has 1 aromatic carbocycles. The number of nitrogens with one attached hydrogen (secondary N) is 3. The fourth-order valence-electron chi connectivity index (χ4n) is 6.31. The zero-order valence-electron chi connectivity index (χ0n) is 25.8. The van der Waals surface area contributed by atoms with E-state index in [0.717, 1.165) is 37.2 Å². The van der Waals surface area contributed by atoms with Crippen molar-refractivity contribution in [3.05, 3.63) is 52.1 Å². The molecule has 2 fully saturated rings. The maximum absolute atomic E-state index is 14.4. The first-order valence-electron chi connectivity index (χ1n) is 15.0. The van der Waals surface area contributed by atoms with Crippen LogP contribution in [0.1, 0.15) is 60.2 Å². The van der Waals surface area contributed by atoms with Gasteiger partial charge in [0.2, 0.25) is 0 Å². The molecule has 0 radical (unpaired) electrons. The summed E-state index contributed by atoms with van der Waals surface area (Å²) in [5, 5.41) is 13.5. The third-order valence-corrected chi connectivity index (χ3v) is 9.48. The van der Waals surface area contributed by atoms with Crippen molar-refractivity contribution >= 4 is 35.1 Å². The van der Waals surface area contributed by atoms with E-state index < -0.39 is 23.1 Å². The van der Waals surface area contributed by atoms with Gasteiger partial charge in [0.1, 0.15) is 17.5 Å². The van der Waals surface area contributed by atoms with Gasteiger partial charge in [-0.25, -0.2) is 10.4 Å². The number of carbonyl (C=O) groups excluding carboxylic acids is 1. The average Bonchev–Trinajstić information content (AvgIpc) is 3.29. The number of likely N-dealkylation sites (tertiary alicyclic amines) is 1. The quantitative estimate of drug-likeness (QED) is 0.134. The molecule has 44 heavy (non-hydrogen) atoms. The average molecular weight is 636 g/mol. The monoisotopic (exact) mass is 635 g/mol. The number of fused-ring (bicyclic) bond motifs is 1. The van der Waals surface area contributed by atoms with Gasteiger partial charge < -0.3 is 10.1 Å². The van der Waals surface area contributed by atoms with Gasteiger partial charge in [-0.15, -0.1) is 0 Å². The van der Waals surface area contributed by atoms with Crippen LogP contribution in [0.25, 0.3) is 0 Å². The number of halogens is 3. The maximum Gasteiger partial charge on any atom is 0.416 e. The molecule has 0 bridgehead atoms. The largest absolute Gasteiger partial charge is 0.416 e. The Bertz CT molecular complexity index is 1390. The summed E-state index contributed by atoms with van der Waals surface area (Å²) >= 11 is 1.67. The van der Waals surface area contributed by atoms with Crippen LogP contribution in [0.2, 0.25) is 0 Å². The highest BCUT2D eigenvalue weighted by molar-refractivity contribution is 7.98. The predicted octanol–water partition coefficient (Wildman–Crippen LogP) is 5.22. The van der Waals surface area contributed by atoms with E-state index in [2.05, 4.69) is 22.6 Å². The number of piperidine rings is 1. The van der Waals surface area contributed by atoms with E-state index in [9.17, 15) is 18.0 Å². The lowest BCUT2D eigenvalue weighted by Crippen LogP contribution is -2.51. The van der Waals surface area contributed by atoms with E-state index in [-0.39, 0.29) is 24.9 Å². The summed E-state index contributed by atoms with van der Waals surface area (Å²) < 4.78 is 48.9. The number of pyridine rings is 1. The van der Waals surface area contributed by atoms with E-state index in [1.807, 2.05) is 12.3 Å². The highest BCUT2D eigenvalue weighted by atomic mass is 32.2. The molecule has 3 N–H and O–H groups in total. The van der Waals surface area contributed by atoms with Gasteiger partial charge in [0.15, 0.2) is 0 Å². The molecule has 4 heterocycles. The molecule has 5 rings (SSSR count). The molecule has 2 saturated heterocycles. The standard InChI is InChI=1S/C31H42F3N7O2S.H2/c1-20-6-5-8-40(15-20)16-21-10-23-24(25(11-21)31(32,33)34)17-41(29(23)42)28-13-22(12-27(38-28)37-7-9-44-4)30(18-43-19-30)14-26(35)39(3)36-2;/h10-13,20,35-36H,5-9,14-19H2,1-4H3,(H,37,38);1H/t20-;/m0./s1. The third kappa shape index (κ3) is 6.85. The van der Waals surface area contributed by atoms with Crippen LogP contribution < -0.4 is 15.6 Å². The Balaban J connectivity index is 0.00000461. The molecular formula is C31H44F3N7O2S. The van der Waals surface area contributed by atoms with Crippen LogP contribution in [-0.2, 0) is 29.4 Å². The van der Waals surface area contributed by atoms with Crippen molar-refractivity contribution in [3.63, 3.8) is 0 Å². The molecule has 3 aliphatic rings. The van der Waals surface area contributed by atoms with Crippen LogP contribution in [0.15, 0.2) is 24.3 Å². The van der Waals surface area contributed by atoms with Gasteiger partial charge in [-0.3, -0.25) is 25.0 Å². The summed E-state index contributed by atoms with van der Waals surface area (Å²) in [5.74, 6) is 2.01. The van der Waals surface area contributed by atoms with Crippen molar-refractivity contribution in [1.29, 1.82) is 5.41 Å². The highest BCUT2D eigenvalue weighted by Crippen LogP contribution is 2.42. The number of nitrogens with zero attached hydrogens (tertiary/aromatic N) is 4. The van der Waals surface area contributed by atoms with Crippen LogP contribution in [0, 0.1) is 11.3 Å². The van der Waals surface area contributed by atoms with Crippen LogP contribution in [-0.4, -0.2) is 85.6 Å². The molecular weight excluding hydrogens is 591 g/mol. The second kappa shape index (κ2) is 13.2. The third-order valence-electron chi connectivity index (χ3n) is 8.87. The lowest BCUT2D eigenvalue weighted by molar-refractivity contribution is -0.138. The van der Waals surface area contributed by atoms with Crippen molar-refractivity contribution in [3.8, 4) is 0 Å². The van der Waals surface area contributed by atoms with Crippen LogP contribution in [0.4, 0.5) is 24.8 Å². The number of thioether (sulfide) groups is 1. The Hall–Kier alpha value is -2.87. The molecule has 9 nitrogen and oxygen atoms in total. The number of amidine groups is 1. The second-order valence-electron chi connectivity index (χ2n) is 12.2. The highest BCUT2D eigenvalue weighted by Gasteiger charge is 2.44. The van der Waals surface area contributed by atoms with Gasteiger partial charge in [0, 0.05) is 58.3 Å². The van der Waals surface area contributed by atoms with Crippen molar-refractivity contribution in [2.75, 3.05) is 69.2 Å². The Morgan fingerprint density at radius 1 is 1.30 bits per heavy atom. The molecule has 242 valence electrons. The van der Waals surface area contributed by atoms with Gasteiger partial charge in [0.05, 0.1) is 25.3 Å². The summed E-state index contributed by atoms with van der Waals surface area (Å²) in [6.07, 6.45) is -0.0955. The van der Waals surface area contributed by atoms with Gasteiger partial charge in [0.25, 0.3) is 5.91 Å². The zero-order valence-corrected chi connectivity index (χ0v) is 26.6. The SMILES string of the molecule is CNN(C)C(=N)CC1(c2cc(NCCSC)nc(N3Cc4c(cc(CN5CCC[C@H](C)C5)cc4C(F)(F)F)C3=O)c2)COC1.[HH]. The molecule has 0 aliphatic carbocycles. The fraction of sp³-hybridized carbons (Fsp3) is 0.581. The summed E-state index contributed by atoms with van der Waals surface area (Å²) in [7, 11) is 3.50.